The minimum absolute atomic E-state index is 0.112. The van der Waals surface area contributed by atoms with E-state index in [0.29, 0.717) is 31.9 Å². The van der Waals surface area contributed by atoms with Crippen LogP contribution < -0.4 is 5.32 Å². The van der Waals surface area contributed by atoms with Crippen LogP contribution in [0.5, 0.6) is 0 Å². The van der Waals surface area contributed by atoms with Gasteiger partial charge >= 0.3 is 0 Å². The standard InChI is InChI=1S/C12H21N5O3S/c1-10-11(8-15(2)14-10)13-12(18)9-16-4-6-17(7-5-16)21(3,19)20/h8H,4-7,9H2,1-3H3,(H,13,18). The first-order valence-corrected chi connectivity index (χ1v) is 8.58. The Morgan fingerprint density at radius 1 is 1.33 bits per heavy atom. The summed E-state index contributed by atoms with van der Waals surface area (Å²) in [4.78, 5) is 13.9. The first-order chi connectivity index (χ1) is 9.75. The molecule has 1 fully saturated rings. The molecule has 8 nitrogen and oxygen atoms in total. The maximum atomic E-state index is 12.0. The fraction of sp³-hybridized carbons (Fsp3) is 0.667. The highest BCUT2D eigenvalue weighted by Gasteiger charge is 2.24. The minimum Gasteiger partial charge on any atom is -0.322 e. The quantitative estimate of drug-likeness (QED) is 0.789. The fourth-order valence-corrected chi connectivity index (χ4v) is 3.16. The number of nitrogens with one attached hydrogen (secondary N) is 1. The van der Waals surface area contributed by atoms with Crippen molar-refractivity contribution in [2.75, 3.05) is 44.3 Å². The van der Waals surface area contributed by atoms with Crippen molar-refractivity contribution in [2.24, 2.45) is 7.05 Å². The Balaban J connectivity index is 1.83. The van der Waals surface area contributed by atoms with Crippen LogP contribution in [0.25, 0.3) is 0 Å². The number of rotatable bonds is 4. The van der Waals surface area contributed by atoms with Crippen molar-refractivity contribution < 1.29 is 13.2 Å². The maximum absolute atomic E-state index is 12.0. The van der Waals surface area contributed by atoms with Crippen molar-refractivity contribution in [2.45, 2.75) is 6.92 Å². The van der Waals surface area contributed by atoms with Gasteiger partial charge in [0.25, 0.3) is 0 Å². The number of aromatic nitrogens is 2. The molecule has 1 amide bonds. The van der Waals surface area contributed by atoms with Crippen LogP contribution in [0.3, 0.4) is 0 Å². The normalized spacial score (nSPS) is 17.9. The number of hydrogen-bond acceptors (Lipinski definition) is 5. The minimum atomic E-state index is -3.13. The van der Waals surface area contributed by atoms with Gasteiger partial charge in [-0.3, -0.25) is 14.4 Å². The van der Waals surface area contributed by atoms with Crippen LogP contribution in [0.15, 0.2) is 6.20 Å². The average Bonchev–Trinajstić information content (AvgIpc) is 2.67. The predicted molar refractivity (Wildman–Crippen MR) is 79.4 cm³/mol. The van der Waals surface area contributed by atoms with Gasteiger partial charge in [-0.25, -0.2) is 8.42 Å². The highest BCUT2D eigenvalue weighted by molar-refractivity contribution is 7.88. The fourth-order valence-electron chi connectivity index (χ4n) is 2.33. The molecule has 9 heteroatoms. The SMILES string of the molecule is Cc1nn(C)cc1NC(=O)CN1CCN(S(C)(=O)=O)CC1. The van der Waals surface area contributed by atoms with Crippen LogP contribution >= 0.6 is 0 Å². The molecule has 21 heavy (non-hydrogen) atoms. The summed E-state index contributed by atoms with van der Waals surface area (Å²) in [5, 5.41) is 6.99. The van der Waals surface area contributed by atoms with Crippen LogP contribution in [0.2, 0.25) is 0 Å². The molecular formula is C12H21N5O3S. The van der Waals surface area contributed by atoms with Gasteiger partial charge in [-0.1, -0.05) is 0 Å². The molecule has 1 N–H and O–H groups in total. The molecule has 2 heterocycles. The number of anilines is 1. The lowest BCUT2D eigenvalue weighted by molar-refractivity contribution is -0.117. The topological polar surface area (TPSA) is 87.5 Å². The molecule has 2 rings (SSSR count). The van der Waals surface area contributed by atoms with Gasteiger partial charge in [-0.05, 0) is 6.92 Å². The average molecular weight is 315 g/mol. The Kier molecular flexibility index (Phi) is 4.64. The third kappa shape index (κ3) is 4.26. The lowest BCUT2D eigenvalue weighted by atomic mass is 10.3. The maximum Gasteiger partial charge on any atom is 0.238 e. The highest BCUT2D eigenvalue weighted by atomic mass is 32.2. The van der Waals surface area contributed by atoms with Gasteiger partial charge in [-0.15, -0.1) is 0 Å². The van der Waals surface area contributed by atoms with Crippen molar-refractivity contribution in [3.8, 4) is 0 Å². The molecule has 0 radical (unpaired) electrons. The zero-order chi connectivity index (χ0) is 15.6. The van der Waals surface area contributed by atoms with Crippen LogP contribution in [-0.2, 0) is 21.9 Å². The number of hydrogen-bond donors (Lipinski definition) is 1. The smallest absolute Gasteiger partial charge is 0.238 e. The zero-order valence-corrected chi connectivity index (χ0v) is 13.4. The van der Waals surface area contributed by atoms with E-state index in [9.17, 15) is 13.2 Å². The van der Waals surface area contributed by atoms with Gasteiger partial charge in [-0.2, -0.15) is 9.40 Å². The third-order valence-electron chi connectivity index (χ3n) is 3.46. The van der Waals surface area contributed by atoms with Crippen LogP contribution in [0, 0.1) is 6.92 Å². The molecule has 118 valence electrons. The molecule has 0 spiro atoms. The van der Waals surface area contributed by atoms with Crippen molar-refractivity contribution >= 4 is 21.6 Å². The molecule has 0 aliphatic carbocycles. The predicted octanol–water partition coefficient (Wildman–Crippen LogP) is -0.756. The molecule has 0 unspecified atom stereocenters. The van der Waals surface area contributed by atoms with Gasteiger partial charge in [0, 0.05) is 39.4 Å². The molecule has 0 aromatic carbocycles. The monoisotopic (exact) mass is 315 g/mol. The van der Waals surface area contributed by atoms with Gasteiger partial charge in [0.05, 0.1) is 24.2 Å². The van der Waals surface area contributed by atoms with E-state index >= 15 is 0 Å². The molecule has 1 aliphatic rings. The van der Waals surface area contributed by atoms with Crippen LogP contribution in [0.1, 0.15) is 5.69 Å². The van der Waals surface area contributed by atoms with E-state index in [-0.39, 0.29) is 12.5 Å². The number of aryl methyl sites for hydroxylation is 2. The van der Waals surface area contributed by atoms with Crippen molar-refractivity contribution in [3.63, 3.8) is 0 Å². The summed E-state index contributed by atoms with van der Waals surface area (Å²) in [6, 6.07) is 0. The lowest BCUT2D eigenvalue weighted by Crippen LogP contribution is -2.50. The van der Waals surface area contributed by atoms with Gasteiger partial charge in [0.1, 0.15) is 0 Å². The van der Waals surface area contributed by atoms with E-state index in [1.54, 1.807) is 17.9 Å². The number of piperazine rings is 1. The molecular weight excluding hydrogens is 294 g/mol. The lowest BCUT2D eigenvalue weighted by Gasteiger charge is -2.32. The summed E-state index contributed by atoms with van der Waals surface area (Å²) >= 11 is 0. The van der Waals surface area contributed by atoms with E-state index in [0.717, 1.165) is 5.69 Å². The number of nitrogens with zero attached hydrogens (tertiary/aromatic N) is 4. The third-order valence-corrected chi connectivity index (χ3v) is 4.76. The summed E-state index contributed by atoms with van der Waals surface area (Å²) in [5.74, 6) is -0.112. The van der Waals surface area contributed by atoms with E-state index in [4.69, 9.17) is 0 Å². The number of carbonyl (C=O) groups is 1. The van der Waals surface area contributed by atoms with E-state index in [1.807, 2.05) is 11.8 Å². The van der Waals surface area contributed by atoms with Gasteiger partial charge < -0.3 is 5.32 Å². The molecule has 1 aromatic heterocycles. The Morgan fingerprint density at radius 2 is 1.95 bits per heavy atom. The second-order valence-electron chi connectivity index (χ2n) is 5.29. The highest BCUT2D eigenvalue weighted by Crippen LogP contribution is 2.11. The second kappa shape index (κ2) is 6.12. The van der Waals surface area contributed by atoms with Crippen molar-refractivity contribution in [1.82, 2.24) is 19.0 Å². The number of amides is 1. The first kappa shape index (κ1) is 15.9. The van der Waals surface area contributed by atoms with Gasteiger partial charge in [0.15, 0.2) is 0 Å². The summed E-state index contributed by atoms with van der Waals surface area (Å²) < 4.78 is 25.9. The summed E-state index contributed by atoms with van der Waals surface area (Å²) in [6.07, 6.45) is 2.97. The van der Waals surface area contributed by atoms with Crippen LogP contribution in [0.4, 0.5) is 5.69 Å². The molecule has 0 bridgehead atoms. The van der Waals surface area contributed by atoms with Crippen molar-refractivity contribution in [1.29, 1.82) is 0 Å². The Morgan fingerprint density at radius 3 is 2.43 bits per heavy atom. The number of carbonyl (C=O) groups excluding carboxylic acids is 1. The molecule has 1 aromatic rings. The largest absolute Gasteiger partial charge is 0.322 e. The second-order valence-corrected chi connectivity index (χ2v) is 7.27. The Bertz CT molecular complexity index is 617. The molecule has 0 atom stereocenters. The molecule has 1 aliphatic heterocycles. The summed E-state index contributed by atoms with van der Waals surface area (Å²) in [5.41, 5.74) is 1.48. The van der Waals surface area contributed by atoms with Gasteiger partial charge in [0.2, 0.25) is 15.9 Å². The van der Waals surface area contributed by atoms with E-state index in [1.165, 1.54) is 10.6 Å². The van der Waals surface area contributed by atoms with Crippen LogP contribution in [-0.4, -0.2) is 72.3 Å². The summed E-state index contributed by atoms with van der Waals surface area (Å²) in [7, 11) is -1.34. The Labute approximate surface area is 124 Å². The van der Waals surface area contributed by atoms with Crippen molar-refractivity contribution in [3.05, 3.63) is 11.9 Å². The number of sulfonamides is 1. The van der Waals surface area contributed by atoms with E-state index < -0.39 is 10.0 Å². The zero-order valence-electron chi connectivity index (χ0n) is 12.5. The summed E-state index contributed by atoms with van der Waals surface area (Å²) in [6.45, 7) is 4.07. The van der Waals surface area contributed by atoms with E-state index in [2.05, 4.69) is 10.4 Å². The first-order valence-electron chi connectivity index (χ1n) is 6.73. The Hall–Kier alpha value is -1.45. The molecule has 1 saturated heterocycles. The molecule has 0 saturated carbocycles.